The van der Waals surface area contributed by atoms with Crippen molar-refractivity contribution in [1.29, 1.82) is 0 Å². The number of carbonyl (C=O) groups is 1. The number of phenolic OH excluding ortho intramolecular Hbond substituents is 1. The number of hydrazone groups is 1. The summed E-state index contributed by atoms with van der Waals surface area (Å²) < 4.78 is 10.2. The Bertz CT molecular complexity index is 676. The summed E-state index contributed by atoms with van der Waals surface area (Å²) in [5.74, 6) is 0.768. The maximum Gasteiger partial charge on any atom is 0.271 e. The SMILES string of the molecule is COc1cc(OC)cc(C(=O)N/N=C/c2cccc(O)c2)c1. The molecule has 0 aliphatic heterocycles. The molecule has 6 nitrogen and oxygen atoms in total. The minimum absolute atomic E-state index is 0.132. The van der Waals surface area contributed by atoms with Gasteiger partial charge in [0.25, 0.3) is 5.91 Å². The molecule has 0 bridgehead atoms. The van der Waals surface area contributed by atoms with Gasteiger partial charge in [-0.05, 0) is 29.8 Å². The van der Waals surface area contributed by atoms with E-state index >= 15 is 0 Å². The molecule has 114 valence electrons. The Labute approximate surface area is 128 Å². The molecule has 0 aliphatic rings. The lowest BCUT2D eigenvalue weighted by Gasteiger charge is -2.07. The van der Waals surface area contributed by atoms with Crippen LogP contribution in [0.4, 0.5) is 0 Å². The van der Waals surface area contributed by atoms with Crippen LogP contribution in [0.3, 0.4) is 0 Å². The Morgan fingerprint density at radius 1 is 1.14 bits per heavy atom. The van der Waals surface area contributed by atoms with Crippen molar-refractivity contribution in [2.75, 3.05) is 14.2 Å². The van der Waals surface area contributed by atoms with Crippen molar-refractivity contribution in [3.05, 3.63) is 53.6 Å². The highest BCUT2D eigenvalue weighted by Gasteiger charge is 2.08. The van der Waals surface area contributed by atoms with Crippen LogP contribution in [-0.4, -0.2) is 31.4 Å². The van der Waals surface area contributed by atoms with Crippen molar-refractivity contribution >= 4 is 12.1 Å². The molecular formula is C16H16N2O4. The summed E-state index contributed by atoms with van der Waals surface area (Å²) in [5, 5.41) is 13.2. The first-order chi connectivity index (χ1) is 10.6. The van der Waals surface area contributed by atoms with Crippen LogP contribution in [0.25, 0.3) is 0 Å². The third-order valence-corrected chi connectivity index (χ3v) is 2.86. The average molecular weight is 300 g/mol. The standard InChI is InChI=1S/C16H16N2O4/c1-21-14-7-12(8-15(9-14)22-2)16(20)18-17-10-11-4-3-5-13(19)6-11/h3-10,19H,1-2H3,(H,18,20)/b17-10+. The summed E-state index contributed by atoms with van der Waals surface area (Å²) in [6.45, 7) is 0. The first-order valence-corrected chi connectivity index (χ1v) is 6.48. The van der Waals surface area contributed by atoms with E-state index < -0.39 is 5.91 Å². The van der Waals surface area contributed by atoms with Gasteiger partial charge in [-0.3, -0.25) is 4.79 Å². The van der Waals surface area contributed by atoms with Gasteiger partial charge < -0.3 is 14.6 Å². The van der Waals surface area contributed by atoms with Gasteiger partial charge in [0, 0.05) is 11.6 Å². The second-order valence-electron chi connectivity index (χ2n) is 4.40. The number of nitrogens with zero attached hydrogens (tertiary/aromatic N) is 1. The first-order valence-electron chi connectivity index (χ1n) is 6.48. The molecule has 2 aromatic carbocycles. The lowest BCUT2D eigenvalue weighted by atomic mass is 10.2. The first kappa shape index (κ1) is 15.4. The van der Waals surface area contributed by atoms with Gasteiger partial charge >= 0.3 is 0 Å². The van der Waals surface area contributed by atoms with Gasteiger partial charge in [0.1, 0.15) is 17.2 Å². The Morgan fingerprint density at radius 2 is 1.82 bits per heavy atom. The molecule has 0 aliphatic carbocycles. The average Bonchev–Trinajstić information content (AvgIpc) is 2.54. The van der Waals surface area contributed by atoms with E-state index in [-0.39, 0.29) is 5.75 Å². The van der Waals surface area contributed by atoms with E-state index in [1.54, 1.807) is 36.4 Å². The number of nitrogens with one attached hydrogen (secondary N) is 1. The van der Waals surface area contributed by atoms with E-state index in [1.807, 2.05) is 0 Å². The smallest absolute Gasteiger partial charge is 0.271 e. The molecule has 0 aromatic heterocycles. The molecule has 0 fully saturated rings. The molecule has 2 aromatic rings. The molecule has 0 heterocycles. The van der Waals surface area contributed by atoms with E-state index in [4.69, 9.17) is 9.47 Å². The summed E-state index contributed by atoms with van der Waals surface area (Å²) in [4.78, 5) is 12.1. The number of carbonyl (C=O) groups excluding carboxylic acids is 1. The van der Waals surface area contributed by atoms with E-state index in [2.05, 4.69) is 10.5 Å². The monoisotopic (exact) mass is 300 g/mol. The molecule has 6 heteroatoms. The summed E-state index contributed by atoms with van der Waals surface area (Å²) in [5.41, 5.74) is 3.44. The number of ether oxygens (including phenoxy) is 2. The van der Waals surface area contributed by atoms with Gasteiger partial charge in [-0.25, -0.2) is 5.43 Å². The highest BCUT2D eigenvalue weighted by atomic mass is 16.5. The van der Waals surface area contributed by atoms with Gasteiger partial charge in [-0.15, -0.1) is 0 Å². The number of aromatic hydroxyl groups is 1. The second-order valence-corrected chi connectivity index (χ2v) is 4.40. The highest BCUT2D eigenvalue weighted by molar-refractivity contribution is 5.95. The number of rotatable bonds is 5. The molecule has 2 N–H and O–H groups in total. The topological polar surface area (TPSA) is 80.2 Å². The van der Waals surface area contributed by atoms with E-state index in [9.17, 15) is 9.90 Å². The maximum absolute atomic E-state index is 12.1. The molecule has 0 spiro atoms. The summed E-state index contributed by atoms with van der Waals surface area (Å²) in [6, 6.07) is 11.4. The van der Waals surface area contributed by atoms with Crippen LogP contribution < -0.4 is 14.9 Å². The highest BCUT2D eigenvalue weighted by Crippen LogP contribution is 2.22. The number of hydrogen-bond acceptors (Lipinski definition) is 5. The summed E-state index contributed by atoms with van der Waals surface area (Å²) in [6.07, 6.45) is 1.44. The van der Waals surface area contributed by atoms with Crippen molar-refractivity contribution in [1.82, 2.24) is 5.43 Å². The largest absolute Gasteiger partial charge is 0.508 e. The number of benzene rings is 2. The Morgan fingerprint density at radius 3 is 2.41 bits per heavy atom. The summed E-state index contributed by atoms with van der Waals surface area (Å²) >= 11 is 0. The third-order valence-electron chi connectivity index (χ3n) is 2.86. The van der Waals surface area contributed by atoms with Gasteiger partial charge in [-0.2, -0.15) is 5.10 Å². The minimum Gasteiger partial charge on any atom is -0.508 e. The predicted molar refractivity (Wildman–Crippen MR) is 82.7 cm³/mol. The zero-order chi connectivity index (χ0) is 15.9. The Hall–Kier alpha value is -3.02. The molecule has 0 radical (unpaired) electrons. The quantitative estimate of drug-likeness (QED) is 0.655. The molecule has 0 saturated carbocycles. The molecule has 2 rings (SSSR count). The Kier molecular flexibility index (Phi) is 4.98. The number of amides is 1. The van der Waals surface area contributed by atoms with E-state index in [0.29, 0.717) is 22.6 Å². The Balaban J connectivity index is 2.09. The fraction of sp³-hybridized carbons (Fsp3) is 0.125. The molecule has 0 atom stereocenters. The molecule has 22 heavy (non-hydrogen) atoms. The number of methoxy groups -OCH3 is 2. The second kappa shape index (κ2) is 7.12. The molecule has 1 amide bonds. The van der Waals surface area contributed by atoms with Crippen LogP contribution in [0.5, 0.6) is 17.2 Å². The van der Waals surface area contributed by atoms with Crippen molar-refractivity contribution in [2.24, 2.45) is 5.10 Å². The zero-order valence-corrected chi connectivity index (χ0v) is 12.2. The van der Waals surface area contributed by atoms with Crippen LogP contribution in [0.15, 0.2) is 47.6 Å². The minimum atomic E-state index is -0.395. The van der Waals surface area contributed by atoms with Gasteiger partial charge in [0.15, 0.2) is 0 Å². The van der Waals surface area contributed by atoms with Gasteiger partial charge in [-0.1, -0.05) is 12.1 Å². The lowest BCUT2D eigenvalue weighted by Crippen LogP contribution is -2.17. The maximum atomic E-state index is 12.1. The van der Waals surface area contributed by atoms with Crippen molar-refractivity contribution in [2.45, 2.75) is 0 Å². The number of phenols is 1. The van der Waals surface area contributed by atoms with Crippen LogP contribution >= 0.6 is 0 Å². The van der Waals surface area contributed by atoms with E-state index in [0.717, 1.165) is 0 Å². The molecular weight excluding hydrogens is 284 g/mol. The van der Waals surface area contributed by atoms with Gasteiger partial charge in [0.2, 0.25) is 0 Å². The molecule has 0 unspecified atom stereocenters. The zero-order valence-electron chi connectivity index (χ0n) is 12.2. The van der Waals surface area contributed by atoms with Crippen molar-refractivity contribution in [3.8, 4) is 17.2 Å². The fourth-order valence-corrected chi connectivity index (χ4v) is 1.77. The van der Waals surface area contributed by atoms with E-state index in [1.165, 1.54) is 26.5 Å². The lowest BCUT2D eigenvalue weighted by molar-refractivity contribution is 0.0954. The fourth-order valence-electron chi connectivity index (χ4n) is 1.77. The normalized spacial score (nSPS) is 10.5. The molecule has 0 saturated heterocycles. The van der Waals surface area contributed by atoms with Crippen LogP contribution in [0.2, 0.25) is 0 Å². The third kappa shape index (κ3) is 3.99. The van der Waals surface area contributed by atoms with Crippen LogP contribution in [-0.2, 0) is 0 Å². The van der Waals surface area contributed by atoms with Crippen molar-refractivity contribution < 1.29 is 19.4 Å². The van der Waals surface area contributed by atoms with Gasteiger partial charge in [0.05, 0.1) is 20.4 Å². The van der Waals surface area contributed by atoms with Crippen LogP contribution in [0, 0.1) is 0 Å². The predicted octanol–water partition coefficient (Wildman–Crippen LogP) is 2.17. The summed E-state index contributed by atoms with van der Waals surface area (Å²) in [7, 11) is 3.02. The van der Waals surface area contributed by atoms with Crippen molar-refractivity contribution in [3.63, 3.8) is 0 Å². The van der Waals surface area contributed by atoms with Crippen LogP contribution in [0.1, 0.15) is 15.9 Å². The number of hydrogen-bond donors (Lipinski definition) is 2.